The van der Waals surface area contributed by atoms with Crippen molar-refractivity contribution >= 4 is 0 Å². The number of benzene rings is 1. The Morgan fingerprint density at radius 2 is 2.14 bits per heavy atom. The number of aryl methyl sites for hydroxylation is 1. The molecule has 0 saturated carbocycles. The number of aliphatic hydroxyl groups excluding tert-OH is 1. The van der Waals surface area contributed by atoms with Gasteiger partial charge in [0.15, 0.2) is 0 Å². The van der Waals surface area contributed by atoms with Crippen molar-refractivity contribution in [2.75, 3.05) is 6.61 Å². The summed E-state index contributed by atoms with van der Waals surface area (Å²) >= 11 is 0. The predicted octanol–water partition coefficient (Wildman–Crippen LogP) is 1.94. The molecule has 0 heterocycles. The number of hydrogen-bond donors (Lipinski definition) is 2. The average molecular weight is 193 g/mol. The van der Waals surface area contributed by atoms with Gasteiger partial charge in [0, 0.05) is 12.1 Å². The summed E-state index contributed by atoms with van der Waals surface area (Å²) in [6, 6.07) is 8.24. The lowest BCUT2D eigenvalue weighted by Crippen LogP contribution is -2.33. The predicted molar refractivity (Wildman–Crippen MR) is 59.0 cm³/mol. The van der Waals surface area contributed by atoms with E-state index in [-0.39, 0.29) is 12.1 Å². The highest BCUT2D eigenvalue weighted by Gasteiger charge is 2.20. The number of aliphatic hydroxyl groups is 1. The number of hydrogen-bond acceptors (Lipinski definition) is 2. The molecule has 2 nitrogen and oxygen atoms in total. The van der Waals surface area contributed by atoms with Gasteiger partial charge in [0.2, 0.25) is 0 Å². The first-order valence-electron chi connectivity index (χ1n) is 5.03. The van der Waals surface area contributed by atoms with Crippen molar-refractivity contribution in [2.45, 2.75) is 32.2 Å². The summed E-state index contributed by atoms with van der Waals surface area (Å²) in [7, 11) is 0. The van der Waals surface area contributed by atoms with Crippen LogP contribution in [0.3, 0.4) is 0 Å². The number of rotatable bonds is 4. The van der Waals surface area contributed by atoms with Crippen LogP contribution in [-0.4, -0.2) is 11.7 Å². The first-order valence-corrected chi connectivity index (χ1v) is 5.03. The molecule has 78 valence electrons. The third kappa shape index (κ3) is 2.82. The molecule has 0 fully saturated rings. The molecule has 2 heteroatoms. The van der Waals surface area contributed by atoms with E-state index in [1.54, 1.807) is 0 Å². The second kappa shape index (κ2) is 4.58. The molecule has 0 bridgehead atoms. The van der Waals surface area contributed by atoms with Crippen molar-refractivity contribution in [1.82, 2.24) is 0 Å². The van der Waals surface area contributed by atoms with Gasteiger partial charge in [-0.05, 0) is 32.3 Å². The third-order valence-corrected chi connectivity index (χ3v) is 2.53. The molecule has 0 spiro atoms. The Bertz CT molecular complexity index is 294. The van der Waals surface area contributed by atoms with Gasteiger partial charge < -0.3 is 10.8 Å². The van der Waals surface area contributed by atoms with E-state index in [1.165, 1.54) is 5.56 Å². The molecule has 0 aliphatic rings. The van der Waals surface area contributed by atoms with Gasteiger partial charge >= 0.3 is 0 Å². The van der Waals surface area contributed by atoms with E-state index in [0.717, 1.165) is 18.4 Å². The van der Waals surface area contributed by atoms with E-state index in [4.69, 9.17) is 10.8 Å². The molecule has 1 atom stereocenters. The highest BCUT2D eigenvalue weighted by molar-refractivity contribution is 5.27. The van der Waals surface area contributed by atoms with Crippen LogP contribution in [0.4, 0.5) is 0 Å². The van der Waals surface area contributed by atoms with E-state index in [0.29, 0.717) is 0 Å². The molecular weight excluding hydrogens is 174 g/mol. The van der Waals surface area contributed by atoms with E-state index >= 15 is 0 Å². The second-order valence-corrected chi connectivity index (χ2v) is 4.11. The van der Waals surface area contributed by atoms with Crippen LogP contribution in [0.25, 0.3) is 0 Å². The minimum absolute atomic E-state index is 0.207. The van der Waals surface area contributed by atoms with Crippen molar-refractivity contribution in [3.8, 4) is 0 Å². The molecule has 1 aromatic rings. The van der Waals surface area contributed by atoms with Crippen LogP contribution >= 0.6 is 0 Å². The Morgan fingerprint density at radius 3 is 2.71 bits per heavy atom. The summed E-state index contributed by atoms with van der Waals surface area (Å²) in [5.41, 5.74) is 8.23. The van der Waals surface area contributed by atoms with Crippen LogP contribution in [0.1, 0.15) is 30.9 Å². The maximum Gasteiger partial charge on any atom is 0.0431 e. The smallest absolute Gasteiger partial charge is 0.0431 e. The van der Waals surface area contributed by atoms with Crippen LogP contribution in [0.15, 0.2) is 24.3 Å². The molecule has 1 aromatic carbocycles. The van der Waals surface area contributed by atoms with Gasteiger partial charge in [0.1, 0.15) is 0 Å². The molecule has 1 unspecified atom stereocenters. The molecule has 0 saturated heterocycles. The van der Waals surface area contributed by atoms with Gasteiger partial charge in [-0.3, -0.25) is 0 Å². The summed E-state index contributed by atoms with van der Waals surface area (Å²) in [6.07, 6.45) is 1.56. The lowest BCUT2D eigenvalue weighted by Gasteiger charge is -2.25. The van der Waals surface area contributed by atoms with Gasteiger partial charge in [-0.2, -0.15) is 0 Å². The third-order valence-electron chi connectivity index (χ3n) is 2.53. The minimum atomic E-state index is -0.325. The largest absolute Gasteiger partial charge is 0.396 e. The quantitative estimate of drug-likeness (QED) is 0.767. The Hall–Kier alpha value is -0.860. The summed E-state index contributed by atoms with van der Waals surface area (Å²) < 4.78 is 0. The summed E-state index contributed by atoms with van der Waals surface area (Å²) in [6.45, 7) is 4.28. The molecule has 0 aromatic heterocycles. The van der Waals surface area contributed by atoms with Gasteiger partial charge in [0.05, 0.1) is 0 Å². The summed E-state index contributed by atoms with van der Waals surface area (Å²) in [5.74, 6) is 0. The lowest BCUT2D eigenvalue weighted by molar-refractivity contribution is 0.265. The maximum absolute atomic E-state index is 8.78. The summed E-state index contributed by atoms with van der Waals surface area (Å²) in [4.78, 5) is 0. The average Bonchev–Trinajstić information content (AvgIpc) is 2.15. The van der Waals surface area contributed by atoms with Crippen LogP contribution in [0.5, 0.6) is 0 Å². The van der Waals surface area contributed by atoms with Crippen molar-refractivity contribution in [3.63, 3.8) is 0 Å². The van der Waals surface area contributed by atoms with Gasteiger partial charge in [-0.25, -0.2) is 0 Å². The maximum atomic E-state index is 8.78. The zero-order valence-electron chi connectivity index (χ0n) is 8.96. The first kappa shape index (κ1) is 11.2. The van der Waals surface area contributed by atoms with Crippen LogP contribution in [0, 0.1) is 6.92 Å². The van der Waals surface area contributed by atoms with Crippen LogP contribution < -0.4 is 5.73 Å². The summed E-state index contributed by atoms with van der Waals surface area (Å²) in [5, 5.41) is 8.78. The Morgan fingerprint density at radius 1 is 1.43 bits per heavy atom. The van der Waals surface area contributed by atoms with E-state index in [2.05, 4.69) is 19.1 Å². The fraction of sp³-hybridized carbons (Fsp3) is 0.500. The molecule has 1 rings (SSSR count). The fourth-order valence-electron chi connectivity index (χ4n) is 1.59. The first-order chi connectivity index (χ1) is 6.56. The van der Waals surface area contributed by atoms with E-state index < -0.39 is 0 Å². The molecule has 0 aliphatic carbocycles. The molecular formula is C12H19NO. The normalized spacial score (nSPS) is 15.1. The SMILES string of the molecule is Cc1cccc(C(C)(N)CCCO)c1. The minimum Gasteiger partial charge on any atom is -0.396 e. The van der Waals surface area contributed by atoms with E-state index in [1.807, 2.05) is 19.1 Å². The number of nitrogens with two attached hydrogens (primary N) is 1. The highest BCUT2D eigenvalue weighted by atomic mass is 16.2. The van der Waals surface area contributed by atoms with E-state index in [9.17, 15) is 0 Å². The zero-order chi connectivity index (χ0) is 10.6. The topological polar surface area (TPSA) is 46.2 Å². The van der Waals surface area contributed by atoms with Gasteiger partial charge in [0.25, 0.3) is 0 Å². The highest BCUT2D eigenvalue weighted by Crippen LogP contribution is 2.23. The van der Waals surface area contributed by atoms with Crippen molar-refractivity contribution in [1.29, 1.82) is 0 Å². The molecule has 0 radical (unpaired) electrons. The lowest BCUT2D eigenvalue weighted by atomic mass is 9.88. The molecule has 14 heavy (non-hydrogen) atoms. The van der Waals surface area contributed by atoms with Crippen LogP contribution in [0.2, 0.25) is 0 Å². The standard InChI is InChI=1S/C12H19NO/c1-10-5-3-6-11(9-10)12(2,13)7-4-8-14/h3,5-6,9,14H,4,7-8,13H2,1-2H3. The second-order valence-electron chi connectivity index (χ2n) is 4.11. The van der Waals surface area contributed by atoms with Crippen molar-refractivity contribution in [2.24, 2.45) is 5.73 Å². The van der Waals surface area contributed by atoms with Gasteiger partial charge in [-0.15, -0.1) is 0 Å². The monoisotopic (exact) mass is 193 g/mol. The molecule has 0 amide bonds. The fourth-order valence-corrected chi connectivity index (χ4v) is 1.59. The van der Waals surface area contributed by atoms with Crippen molar-refractivity contribution in [3.05, 3.63) is 35.4 Å². The Labute approximate surface area is 85.8 Å². The molecule has 0 aliphatic heterocycles. The molecule has 3 N–H and O–H groups in total. The van der Waals surface area contributed by atoms with Crippen molar-refractivity contribution < 1.29 is 5.11 Å². The Balaban J connectivity index is 2.80. The Kier molecular flexibility index (Phi) is 3.67. The van der Waals surface area contributed by atoms with Crippen LogP contribution in [-0.2, 0) is 5.54 Å². The zero-order valence-corrected chi connectivity index (χ0v) is 8.96. The van der Waals surface area contributed by atoms with Gasteiger partial charge in [-0.1, -0.05) is 29.8 Å².